The van der Waals surface area contributed by atoms with Crippen molar-refractivity contribution in [2.24, 2.45) is 23.7 Å². The molecule has 0 aliphatic carbocycles. The van der Waals surface area contributed by atoms with E-state index >= 15 is 0 Å². The number of hydrogen-bond acceptors (Lipinski definition) is 7. The van der Waals surface area contributed by atoms with Crippen molar-refractivity contribution in [3.05, 3.63) is 23.4 Å². The summed E-state index contributed by atoms with van der Waals surface area (Å²) in [7, 11) is 3.40. The van der Waals surface area contributed by atoms with Gasteiger partial charge in [0.1, 0.15) is 5.78 Å². The van der Waals surface area contributed by atoms with Gasteiger partial charge in [0.05, 0.1) is 0 Å². The van der Waals surface area contributed by atoms with Gasteiger partial charge in [-0.25, -0.2) is 0 Å². The second-order valence-electron chi connectivity index (χ2n) is 13.2. The van der Waals surface area contributed by atoms with Crippen LogP contribution in [-0.2, 0) is 28.8 Å². The van der Waals surface area contributed by atoms with E-state index in [-0.39, 0.29) is 35.1 Å². The zero-order chi connectivity index (χ0) is 36.8. The van der Waals surface area contributed by atoms with Gasteiger partial charge in [-0.15, -0.1) is 0 Å². The molecule has 0 atom stereocenters. The number of nitrogens with one attached hydrogen (secondary N) is 4. The molecule has 0 saturated heterocycles. The minimum atomic E-state index is -0.0511. The van der Waals surface area contributed by atoms with Gasteiger partial charge in [0.2, 0.25) is 17.7 Å². The van der Waals surface area contributed by atoms with Crippen molar-refractivity contribution in [3.8, 4) is 0 Å². The summed E-state index contributed by atoms with van der Waals surface area (Å²) in [5.41, 5.74) is 2.02. The van der Waals surface area contributed by atoms with Gasteiger partial charge in [0, 0.05) is 71.4 Å². The van der Waals surface area contributed by atoms with Gasteiger partial charge >= 0.3 is 0 Å². The Balaban J connectivity index is -0.000000257. The molecule has 0 spiro atoms. The molecule has 0 radical (unpaired) electrons. The maximum Gasteiger partial charge on any atom is 0.221 e. The Morgan fingerprint density at radius 2 is 0.870 bits per heavy atom. The Morgan fingerprint density at radius 3 is 1.17 bits per heavy atom. The monoisotopic (exact) mass is 653 g/mol. The minimum Gasteiger partial charge on any atom is -0.392 e. The molecule has 0 heterocycles. The van der Waals surface area contributed by atoms with Crippen molar-refractivity contribution >= 4 is 35.1 Å². The first kappa shape index (κ1) is 49.6. The van der Waals surface area contributed by atoms with Crippen molar-refractivity contribution in [2.75, 3.05) is 27.2 Å². The predicted molar refractivity (Wildman–Crippen MR) is 190 cm³/mol. The predicted octanol–water partition coefficient (Wildman–Crippen LogP) is 5.71. The molecule has 4 N–H and O–H groups in total. The molecule has 0 aliphatic rings. The van der Waals surface area contributed by atoms with Crippen LogP contribution in [0.3, 0.4) is 0 Å². The molecule has 10 heteroatoms. The highest BCUT2D eigenvalue weighted by molar-refractivity contribution is 5.90. The van der Waals surface area contributed by atoms with E-state index in [2.05, 4.69) is 35.1 Å². The highest BCUT2D eigenvalue weighted by Gasteiger charge is 2.05. The average molecular weight is 653 g/mol. The van der Waals surface area contributed by atoms with E-state index in [1.807, 2.05) is 69.4 Å². The van der Waals surface area contributed by atoms with Crippen LogP contribution in [-0.4, -0.2) is 62.3 Å². The van der Waals surface area contributed by atoms with Crippen LogP contribution in [0, 0.1) is 23.7 Å². The SMILES string of the molecule is CC(=O)CCNC(=O)CC(C)C.CC(C)=CC(=O)CC(C)C.CN/C(C)=C\C(=O)CC(C)C.CNC(=O)CCNC(=O)CC(C)C. The molecule has 46 heavy (non-hydrogen) atoms. The Labute approximate surface area is 280 Å². The lowest BCUT2D eigenvalue weighted by molar-refractivity contribution is -0.123. The van der Waals surface area contributed by atoms with Crippen LogP contribution in [0.1, 0.15) is 122 Å². The molecule has 0 aliphatic heterocycles. The van der Waals surface area contributed by atoms with Gasteiger partial charge in [0.15, 0.2) is 11.6 Å². The second-order valence-corrected chi connectivity index (χ2v) is 13.2. The summed E-state index contributed by atoms with van der Waals surface area (Å²) in [5.74, 6) is 2.21. The molecule has 0 aromatic carbocycles. The van der Waals surface area contributed by atoms with Crippen LogP contribution in [0.2, 0.25) is 0 Å². The second kappa shape index (κ2) is 31.7. The molecule has 0 saturated carbocycles. The van der Waals surface area contributed by atoms with Crippen molar-refractivity contribution in [2.45, 2.75) is 122 Å². The number of Topliss-reactive ketones (excluding diaryl/α,β-unsaturated/α-hetero) is 1. The lowest BCUT2D eigenvalue weighted by atomic mass is 10.1. The smallest absolute Gasteiger partial charge is 0.221 e. The van der Waals surface area contributed by atoms with E-state index in [1.54, 1.807) is 19.2 Å². The van der Waals surface area contributed by atoms with Crippen LogP contribution in [0.4, 0.5) is 0 Å². The van der Waals surface area contributed by atoms with Crippen molar-refractivity contribution in [1.82, 2.24) is 21.3 Å². The van der Waals surface area contributed by atoms with Crippen molar-refractivity contribution in [1.29, 1.82) is 0 Å². The number of carbonyl (C=O) groups is 6. The van der Waals surface area contributed by atoms with E-state index in [1.165, 1.54) is 6.92 Å². The molecular weight excluding hydrogens is 584 g/mol. The molecule has 268 valence electrons. The molecule has 3 amide bonds. The maximum atomic E-state index is 11.1. The Kier molecular flexibility index (Phi) is 34.1. The summed E-state index contributed by atoms with van der Waals surface area (Å²) in [6.07, 6.45) is 6.51. The van der Waals surface area contributed by atoms with E-state index in [4.69, 9.17) is 0 Å². The minimum absolute atomic E-state index is 0.0129. The number of carbonyl (C=O) groups excluding carboxylic acids is 6. The average Bonchev–Trinajstić information content (AvgIpc) is 2.87. The number of rotatable bonds is 17. The van der Waals surface area contributed by atoms with E-state index in [0.29, 0.717) is 75.3 Å². The van der Waals surface area contributed by atoms with E-state index in [9.17, 15) is 28.8 Å². The molecule has 0 rings (SSSR count). The van der Waals surface area contributed by atoms with E-state index in [0.717, 1.165) is 11.3 Å². The van der Waals surface area contributed by atoms with Crippen LogP contribution in [0.5, 0.6) is 0 Å². The van der Waals surface area contributed by atoms with Crippen LogP contribution in [0.15, 0.2) is 23.4 Å². The van der Waals surface area contributed by atoms with E-state index < -0.39 is 0 Å². The summed E-state index contributed by atoms with van der Waals surface area (Å²) < 4.78 is 0. The molecule has 0 unspecified atom stereocenters. The largest absolute Gasteiger partial charge is 0.392 e. The molecule has 0 bridgehead atoms. The zero-order valence-corrected chi connectivity index (χ0v) is 31.6. The lowest BCUT2D eigenvalue weighted by Gasteiger charge is -2.06. The third-order valence-electron chi connectivity index (χ3n) is 5.38. The maximum absolute atomic E-state index is 11.1. The quantitative estimate of drug-likeness (QED) is 0.147. The van der Waals surface area contributed by atoms with Crippen LogP contribution >= 0.6 is 0 Å². The first-order valence-corrected chi connectivity index (χ1v) is 16.5. The lowest BCUT2D eigenvalue weighted by Crippen LogP contribution is -2.29. The summed E-state index contributed by atoms with van der Waals surface area (Å²) in [4.78, 5) is 65.4. The van der Waals surface area contributed by atoms with Gasteiger partial charge in [-0.05, 0) is 63.5 Å². The van der Waals surface area contributed by atoms with Crippen molar-refractivity contribution < 1.29 is 28.8 Å². The van der Waals surface area contributed by atoms with Gasteiger partial charge < -0.3 is 21.3 Å². The first-order chi connectivity index (χ1) is 21.2. The summed E-state index contributed by atoms with van der Waals surface area (Å²) in [6, 6.07) is 0. The fourth-order valence-corrected chi connectivity index (χ4v) is 3.26. The molecular formula is C36H68N4O6. The fourth-order valence-electron chi connectivity index (χ4n) is 3.26. The normalized spacial score (nSPS) is 10.3. The highest BCUT2D eigenvalue weighted by atomic mass is 16.2. The first-order valence-electron chi connectivity index (χ1n) is 16.5. The van der Waals surface area contributed by atoms with Crippen LogP contribution < -0.4 is 21.3 Å². The highest BCUT2D eigenvalue weighted by Crippen LogP contribution is 2.03. The Bertz CT molecular complexity index is 946. The molecule has 0 fully saturated rings. The zero-order valence-electron chi connectivity index (χ0n) is 31.6. The van der Waals surface area contributed by atoms with Gasteiger partial charge in [-0.2, -0.15) is 0 Å². The molecule has 10 nitrogen and oxygen atoms in total. The summed E-state index contributed by atoms with van der Waals surface area (Å²) >= 11 is 0. The fraction of sp³-hybridized carbons (Fsp3) is 0.722. The number of amides is 3. The van der Waals surface area contributed by atoms with Gasteiger partial charge in [0.25, 0.3) is 0 Å². The third kappa shape index (κ3) is 47.6. The van der Waals surface area contributed by atoms with Gasteiger partial charge in [-0.3, -0.25) is 28.8 Å². The number of ketones is 3. The Hall–Kier alpha value is -3.30. The molecule has 0 aromatic rings. The summed E-state index contributed by atoms with van der Waals surface area (Å²) in [5, 5.41) is 10.8. The summed E-state index contributed by atoms with van der Waals surface area (Å²) in [6.45, 7) is 24.3. The van der Waals surface area contributed by atoms with Gasteiger partial charge in [-0.1, -0.05) is 61.0 Å². The molecule has 0 aromatic heterocycles. The van der Waals surface area contributed by atoms with Crippen molar-refractivity contribution in [3.63, 3.8) is 0 Å². The number of allylic oxidation sites excluding steroid dienone is 4. The topological polar surface area (TPSA) is 151 Å². The standard InChI is InChI=1S/C9H18N2O2.C9H17NO2.C9H17NO.C9H16O/c1-7(2)6-9(13)11-5-4-8(12)10-3;1-7(2)6-9(12)10-5-4-8(3)11;1-7(2)5-9(11)6-8(3)10-4;1-7(2)5-9(10)6-8(3)4/h7H,4-6H2,1-3H3,(H,10,12)(H,11,13);7H,4-6H2,1-3H3,(H,10,12);6-7,10H,5H2,1-4H3;5,8H,6H2,1-4H3/b;;8-6-;. The Morgan fingerprint density at radius 1 is 0.500 bits per heavy atom. The number of hydrogen-bond donors (Lipinski definition) is 4. The van der Waals surface area contributed by atoms with Crippen LogP contribution in [0.25, 0.3) is 0 Å². The third-order valence-corrected chi connectivity index (χ3v) is 5.38.